The van der Waals surface area contributed by atoms with Crippen molar-refractivity contribution in [1.82, 2.24) is 30.3 Å². The molecule has 2 N–H and O–H groups in total. The maximum absolute atomic E-state index is 5.38. The lowest BCUT2D eigenvalue weighted by atomic mass is 10.4. The number of guanidine groups is 1. The zero-order chi connectivity index (χ0) is 17.2. The number of aromatic nitrogens is 3. The smallest absolute Gasteiger partial charge is 0.191 e. The molecule has 0 aromatic carbocycles. The Bertz CT molecular complexity index is 514. The monoisotopic (exact) mass is 355 g/mol. The summed E-state index contributed by atoms with van der Waals surface area (Å²) >= 11 is 1.82. The van der Waals surface area contributed by atoms with E-state index in [4.69, 9.17) is 4.74 Å². The highest BCUT2D eigenvalue weighted by atomic mass is 32.2. The van der Waals surface area contributed by atoms with Crippen molar-refractivity contribution in [2.75, 3.05) is 57.9 Å². The fraction of sp³-hybridized carbons (Fsp3) is 0.800. The average Bonchev–Trinajstić information content (AvgIpc) is 2.92. The molecule has 2 heterocycles. The molecule has 0 unspecified atom stereocenters. The van der Waals surface area contributed by atoms with Gasteiger partial charge in [-0.3, -0.25) is 4.90 Å². The lowest BCUT2D eigenvalue weighted by Gasteiger charge is -2.26. The van der Waals surface area contributed by atoms with Gasteiger partial charge in [0.25, 0.3) is 0 Å². The van der Waals surface area contributed by atoms with Crippen molar-refractivity contribution in [3.8, 4) is 0 Å². The van der Waals surface area contributed by atoms with Crippen LogP contribution in [-0.4, -0.2) is 83.6 Å². The van der Waals surface area contributed by atoms with Gasteiger partial charge in [-0.05, 0) is 13.2 Å². The molecule has 1 saturated heterocycles. The van der Waals surface area contributed by atoms with Crippen LogP contribution in [0.15, 0.2) is 4.99 Å². The molecule has 9 heteroatoms. The SMILES string of the molecule is CSCCNC(=NCc1nnc(C)n1C)NCCN1CCOCC1. The van der Waals surface area contributed by atoms with Gasteiger partial charge in [-0.2, -0.15) is 11.8 Å². The first-order valence-corrected chi connectivity index (χ1v) is 9.76. The van der Waals surface area contributed by atoms with Crippen molar-refractivity contribution in [2.24, 2.45) is 12.0 Å². The summed E-state index contributed by atoms with van der Waals surface area (Å²) in [5.74, 6) is 3.65. The minimum Gasteiger partial charge on any atom is -0.379 e. The molecule has 1 aliphatic heterocycles. The van der Waals surface area contributed by atoms with Crippen molar-refractivity contribution in [2.45, 2.75) is 13.5 Å². The third-order valence-electron chi connectivity index (χ3n) is 3.98. The number of ether oxygens (including phenoxy) is 1. The Morgan fingerprint density at radius 2 is 2.00 bits per heavy atom. The molecule has 24 heavy (non-hydrogen) atoms. The topological polar surface area (TPSA) is 79.6 Å². The second-order valence-corrected chi connectivity index (χ2v) is 6.67. The average molecular weight is 356 g/mol. The minimum atomic E-state index is 0.517. The molecule has 0 amide bonds. The molecule has 1 aromatic heterocycles. The van der Waals surface area contributed by atoms with E-state index in [2.05, 4.69) is 37.0 Å². The second kappa shape index (κ2) is 10.5. The molecular weight excluding hydrogens is 326 g/mol. The summed E-state index contributed by atoms with van der Waals surface area (Å²) in [7, 11) is 1.97. The van der Waals surface area contributed by atoms with Crippen molar-refractivity contribution >= 4 is 17.7 Å². The molecule has 0 bridgehead atoms. The van der Waals surface area contributed by atoms with E-state index < -0.39 is 0 Å². The van der Waals surface area contributed by atoms with E-state index in [0.717, 1.165) is 69.3 Å². The van der Waals surface area contributed by atoms with Gasteiger partial charge in [0, 0.05) is 45.5 Å². The van der Waals surface area contributed by atoms with Gasteiger partial charge in [0.2, 0.25) is 0 Å². The summed E-state index contributed by atoms with van der Waals surface area (Å²) in [4.78, 5) is 7.05. The highest BCUT2D eigenvalue weighted by Gasteiger charge is 2.10. The van der Waals surface area contributed by atoms with Crippen LogP contribution in [-0.2, 0) is 18.3 Å². The number of rotatable bonds is 8. The van der Waals surface area contributed by atoms with Crippen molar-refractivity contribution in [3.05, 3.63) is 11.6 Å². The molecule has 0 radical (unpaired) electrons. The van der Waals surface area contributed by atoms with Crippen LogP contribution >= 0.6 is 11.8 Å². The Morgan fingerprint density at radius 3 is 2.67 bits per heavy atom. The predicted octanol–water partition coefficient (Wildman–Crippen LogP) is -0.146. The predicted molar refractivity (Wildman–Crippen MR) is 98.5 cm³/mol. The van der Waals surface area contributed by atoms with E-state index in [0.29, 0.717) is 6.54 Å². The van der Waals surface area contributed by atoms with Gasteiger partial charge in [0.15, 0.2) is 11.8 Å². The molecule has 0 spiro atoms. The molecule has 136 valence electrons. The number of aliphatic imine (C=N–C) groups is 1. The van der Waals surface area contributed by atoms with Crippen molar-refractivity contribution in [3.63, 3.8) is 0 Å². The maximum Gasteiger partial charge on any atom is 0.191 e. The van der Waals surface area contributed by atoms with Crippen LogP contribution in [0.5, 0.6) is 0 Å². The van der Waals surface area contributed by atoms with Gasteiger partial charge in [0.1, 0.15) is 12.4 Å². The number of morpholine rings is 1. The first kappa shape index (κ1) is 19.0. The number of nitrogens with one attached hydrogen (secondary N) is 2. The standard InChI is InChI=1S/C15H29N7OS/c1-13-19-20-14(21(13)2)12-18-15(17-5-11-24-3)16-4-6-22-7-9-23-10-8-22/h4-12H2,1-3H3,(H2,16,17,18). The van der Waals surface area contributed by atoms with Crippen LogP contribution in [0.2, 0.25) is 0 Å². The third kappa shape index (κ3) is 6.29. The van der Waals surface area contributed by atoms with Gasteiger partial charge in [-0.15, -0.1) is 10.2 Å². The number of hydrogen-bond acceptors (Lipinski definition) is 6. The van der Waals surface area contributed by atoms with Gasteiger partial charge < -0.3 is 19.9 Å². The van der Waals surface area contributed by atoms with E-state index in [1.807, 2.05) is 30.3 Å². The fourth-order valence-corrected chi connectivity index (χ4v) is 2.65. The van der Waals surface area contributed by atoms with E-state index >= 15 is 0 Å². The molecule has 8 nitrogen and oxygen atoms in total. The van der Waals surface area contributed by atoms with Gasteiger partial charge in [-0.1, -0.05) is 0 Å². The summed E-state index contributed by atoms with van der Waals surface area (Å²) in [6.07, 6.45) is 2.10. The zero-order valence-electron chi connectivity index (χ0n) is 14.9. The Balaban J connectivity index is 1.83. The Kier molecular flexibility index (Phi) is 8.34. The molecule has 2 rings (SSSR count). The van der Waals surface area contributed by atoms with Crippen LogP contribution in [0.4, 0.5) is 0 Å². The summed E-state index contributed by atoms with van der Waals surface area (Å²) in [5.41, 5.74) is 0. The molecule has 0 atom stereocenters. The number of aryl methyl sites for hydroxylation is 1. The zero-order valence-corrected chi connectivity index (χ0v) is 15.7. The highest BCUT2D eigenvalue weighted by molar-refractivity contribution is 7.98. The van der Waals surface area contributed by atoms with Crippen molar-refractivity contribution < 1.29 is 4.74 Å². The van der Waals surface area contributed by atoms with Gasteiger partial charge in [-0.25, -0.2) is 4.99 Å². The fourth-order valence-electron chi connectivity index (χ4n) is 2.34. The Morgan fingerprint density at radius 1 is 1.25 bits per heavy atom. The van der Waals surface area contributed by atoms with Crippen LogP contribution in [0.3, 0.4) is 0 Å². The Hall–Kier alpha value is -1.32. The van der Waals surface area contributed by atoms with E-state index in [-0.39, 0.29) is 0 Å². The van der Waals surface area contributed by atoms with Crippen molar-refractivity contribution in [1.29, 1.82) is 0 Å². The van der Waals surface area contributed by atoms with E-state index in [1.165, 1.54) is 0 Å². The number of thioether (sulfide) groups is 1. The molecule has 1 fully saturated rings. The van der Waals surface area contributed by atoms with Gasteiger partial charge in [0.05, 0.1) is 13.2 Å². The molecule has 0 saturated carbocycles. The van der Waals surface area contributed by atoms with Crippen LogP contribution in [0.1, 0.15) is 11.6 Å². The molecule has 1 aromatic rings. The lowest BCUT2D eigenvalue weighted by molar-refractivity contribution is 0.0389. The number of hydrogen-bond donors (Lipinski definition) is 2. The van der Waals surface area contributed by atoms with Crippen LogP contribution in [0.25, 0.3) is 0 Å². The summed E-state index contributed by atoms with van der Waals surface area (Å²) in [6, 6.07) is 0. The normalized spacial score (nSPS) is 16.4. The van der Waals surface area contributed by atoms with E-state index in [1.54, 1.807) is 0 Å². The van der Waals surface area contributed by atoms with E-state index in [9.17, 15) is 0 Å². The Labute approximate surface area is 148 Å². The quantitative estimate of drug-likeness (QED) is 0.381. The number of nitrogens with zero attached hydrogens (tertiary/aromatic N) is 5. The summed E-state index contributed by atoms with van der Waals surface area (Å²) in [5, 5.41) is 15.0. The molecule has 0 aliphatic carbocycles. The van der Waals surface area contributed by atoms with Gasteiger partial charge >= 0.3 is 0 Å². The lowest BCUT2D eigenvalue weighted by Crippen LogP contribution is -2.44. The summed E-state index contributed by atoms with van der Waals surface area (Å²) < 4.78 is 7.35. The largest absolute Gasteiger partial charge is 0.379 e. The molecular formula is C15H29N7OS. The van der Waals surface area contributed by atoms with Crippen LogP contribution < -0.4 is 10.6 Å². The highest BCUT2D eigenvalue weighted by Crippen LogP contribution is 1.99. The molecule has 1 aliphatic rings. The minimum absolute atomic E-state index is 0.517. The third-order valence-corrected chi connectivity index (χ3v) is 4.60. The maximum atomic E-state index is 5.38. The summed E-state index contributed by atoms with van der Waals surface area (Å²) in [6.45, 7) is 8.89. The van der Waals surface area contributed by atoms with Crippen LogP contribution in [0, 0.1) is 6.92 Å². The second-order valence-electron chi connectivity index (χ2n) is 5.69. The first-order valence-electron chi connectivity index (χ1n) is 8.37. The first-order chi connectivity index (χ1) is 11.7.